The van der Waals surface area contributed by atoms with Crippen molar-refractivity contribution in [3.63, 3.8) is 0 Å². The van der Waals surface area contributed by atoms with E-state index in [9.17, 15) is 0 Å². The van der Waals surface area contributed by atoms with Gasteiger partial charge < -0.3 is 4.74 Å². The molecule has 0 saturated heterocycles. The zero-order valence-corrected chi connectivity index (χ0v) is 13.7. The van der Waals surface area contributed by atoms with Gasteiger partial charge in [-0.1, -0.05) is 26.0 Å². The summed E-state index contributed by atoms with van der Waals surface area (Å²) < 4.78 is 5.92. The van der Waals surface area contributed by atoms with E-state index in [0.717, 1.165) is 30.8 Å². The molecule has 2 saturated carbocycles. The lowest BCUT2D eigenvalue weighted by molar-refractivity contribution is 0.00796. The van der Waals surface area contributed by atoms with E-state index in [1.807, 2.05) is 0 Å². The highest BCUT2D eigenvalue weighted by Gasteiger charge is 2.30. The monoisotopic (exact) mass is 278 g/mol. The fourth-order valence-electron chi connectivity index (χ4n) is 4.15. The summed E-state index contributed by atoms with van der Waals surface area (Å²) in [4.78, 5) is 0. The largest absolute Gasteiger partial charge is 0.378 e. The SMILES string of the molecule is CC/C=C/[C@H]1CC[C@H](C2CCC(OCCC)CC2)CC1. The minimum atomic E-state index is 0.579. The third-order valence-electron chi connectivity index (χ3n) is 5.40. The molecule has 2 aliphatic rings. The maximum Gasteiger partial charge on any atom is 0.0575 e. The van der Waals surface area contributed by atoms with Crippen molar-refractivity contribution in [2.24, 2.45) is 17.8 Å². The van der Waals surface area contributed by atoms with Crippen LogP contribution in [0.15, 0.2) is 12.2 Å². The molecule has 1 nitrogen and oxygen atoms in total. The average Bonchev–Trinajstić information content (AvgIpc) is 2.52. The number of hydrogen-bond donors (Lipinski definition) is 0. The molecule has 1 heteroatoms. The maximum atomic E-state index is 5.92. The van der Waals surface area contributed by atoms with Gasteiger partial charge in [0, 0.05) is 6.61 Å². The van der Waals surface area contributed by atoms with Gasteiger partial charge in [-0.2, -0.15) is 0 Å². The maximum absolute atomic E-state index is 5.92. The average molecular weight is 278 g/mol. The fraction of sp³-hybridized carbons (Fsp3) is 0.895. The molecule has 0 aromatic heterocycles. The molecule has 0 amide bonds. The van der Waals surface area contributed by atoms with Gasteiger partial charge in [-0.25, -0.2) is 0 Å². The van der Waals surface area contributed by atoms with E-state index >= 15 is 0 Å². The third-order valence-corrected chi connectivity index (χ3v) is 5.40. The summed E-state index contributed by atoms with van der Waals surface area (Å²) >= 11 is 0. The van der Waals surface area contributed by atoms with Crippen LogP contribution in [0.2, 0.25) is 0 Å². The molecule has 0 aliphatic heterocycles. The molecule has 2 aliphatic carbocycles. The van der Waals surface area contributed by atoms with E-state index < -0.39 is 0 Å². The molecule has 0 unspecified atom stereocenters. The molecule has 20 heavy (non-hydrogen) atoms. The molecule has 2 rings (SSSR count). The van der Waals surface area contributed by atoms with E-state index in [-0.39, 0.29) is 0 Å². The third kappa shape index (κ3) is 4.91. The molecular weight excluding hydrogens is 244 g/mol. The summed E-state index contributed by atoms with van der Waals surface area (Å²) in [7, 11) is 0. The number of ether oxygens (including phenoxy) is 1. The van der Waals surface area contributed by atoms with Gasteiger partial charge in [0.05, 0.1) is 6.10 Å². The highest BCUT2D eigenvalue weighted by atomic mass is 16.5. The molecule has 0 bridgehead atoms. The van der Waals surface area contributed by atoms with Gasteiger partial charge in [0.1, 0.15) is 0 Å². The van der Waals surface area contributed by atoms with Gasteiger partial charge >= 0.3 is 0 Å². The summed E-state index contributed by atoms with van der Waals surface area (Å²) in [6, 6.07) is 0. The standard InChI is InChI=1S/C19H34O/c1-3-5-6-16-7-9-17(10-8-16)18-11-13-19(14-12-18)20-15-4-2/h5-6,16-19H,3-4,7-15H2,1-2H3/b6-5+/t16-,17-,18?,19?. The van der Waals surface area contributed by atoms with E-state index in [4.69, 9.17) is 4.74 Å². The first-order valence-electron chi connectivity index (χ1n) is 9.11. The zero-order chi connectivity index (χ0) is 14.2. The van der Waals surface area contributed by atoms with Crippen molar-refractivity contribution in [3.05, 3.63) is 12.2 Å². The van der Waals surface area contributed by atoms with Gasteiger partial charge in [-0.05, 0) is 82.0 Å². The molecule has 2 fully saturated rings. The van der Waals surface area contributed by atoms with Crippen LogP contribution in [-0.4, -0.2) is 12.7 Å². The zero-order valence-electron chi connectivity index (χ0n) is 13.7. The Balaban J connectivity index is 1.66. The van der Waals surface area contributed by atoms with Crippen molar-refractivity contribution in [3.8, 4) is 0 Å². The molecule has 0 radical (unpaired) electrons. The van der Waals surface area contributed by atoms with E-state index in [0.29, 0.717) is 6.10 Å². The second-order valence-corrected chi connectivity index (χ2v) is 6.92. The van der Waals surface area contributed by atoms with Crippen LogP contribution in [0.3, 0.4) is 0 Å². The fourth-order valence-corrected chi connectivity index (χ4v) is 4.15. The summed E-state index contributed by atoms with van der Waals surface area (Å²) in [6.45, 7) is 5.41. The van der Waals surface area contributed by atoms with E-state index in [1.54, 1.807) is 0 Å². The predicted molar refractivity (Wildman–Crippen MR) is 86.9 cm³/mol. The van der Waals surface area contributed by atoms with Crippen LogP contribution in [0.5, 0.6) is 0 Å². The molecule has 0 aromatic carbocycles. The Labute approximate surface area is 126 Å². The lowest BCUT2D eigenvalue weighted by atomic mass is 9.70. The van der Waals surface area contributed by atoms with Gasteiger partial charge in [-0.15, -0.1) is 0 Å². The second-order valence-electron chi connectivity index (χ2n) is 6.92. The second kappa shape index (κ2) is 8.87. The lowest BCUT2D eigenvalue weighted by Gasteiger charge is -2.37. The van der Waals surface area contributed by atoms with Gasteiger partial charge in [0.2, 0.25) is 0 Å². The van der Waals surface area contributed by atoms with E-state index in [2.05, 4.69) is 26.0 Å². The van der Waals surface area contributed by atoms with Gasteiger partial charge in [0.15, 0.2) is 0 Å². The smallest absolute Gasteiger partial charge is 0.0575 e. The molecule has 0 atom stereocenters. The Kier molecular flexibility index (Phi) is 7.13. The molecule has 116 valence electrons. The minimum absolute atomic E-state index is 0.579. The molecule has 0 spiro atoms. The van der Waals surface area contributed by atoms with Crippen molar-refractivity contribution in [1.29, 1.82) is 0 Å². The Morgan fingerprint density at radius 2 is 1.45 bits per heavy atom. The van der Waals surface area contributed by atoms with Crippen LogP contribution in [-0.2, 0) is 4.74 Å². The lowest BCUT2D eigenvalue weighted by Crippen LogP contribution is -2.28. The number of hydrogen-bond acceptors (Lipinski definition) is 1. The van der Waals surface area contributed by atoms with Crippen LogP contribution in [0.4, 0.5) is 0 Å². The summed E-state index contributed by atoms with van der Waals surface area (Å²) in [5.41, 5.74) is 0. The van der Waals surface area contributed by atoms with Crippen LogP contribution in [0, 0.1) is 17.8 Å². The van der Waals surface area contributed by atoms with Crippen molar-refractivity contribution in [2.45, 2.75) is 84.2 Å². The van der Waals surface area contributed by atoms with E-state index in [1.165, 1.54) is 57.8 Å². The predicted octanol–water partition coefficient (Wildman–Crippen LogP) is 5.74. The number of allylic oxidation sites excluding steroid dienone is 2. The van der Waals surface area contributed by atoms with Crippen LogP contribution < -0.4 is 0 Å². The Morgan fingerprint density at radius 3 is 2.00 bits per heavy atom. The van der Waals surface area contributed by atoms with Crippen LogP contribution in [0.25, 0.3) is 0 Å². The molecule has 0 N–H and O–H groups in total. The van der Waals surface area contributed by atoms with Gasteiger partial charge in [0.25, 0.3) is 0 Å². The molecular formula is C19H34O. The summed E-state index contributed by atoms with van der Waals surface area (Å²) in [6.07, 6.45) is 19.1. The summed E-state index contributed by atoms with van der Waals surface area (Å²) in [5.74, 6) is 2.91. The Bertz CT molecular complexity index is 267. The van der Waals surface area contributed by atoms with Crippen LogP contribution in [0.1, 0.15) is 78.1 Å². The van der Waals surface area contributed by atoms with Crippen molar-refractivity contribution in [2.75, 3.05) is 6.61 Å². The first-order chi connectivity index (χ1) is 9.83. The van der Waals surface area contributed by atoms with Crippen molar-refractivity contribution in [1.82, 2.24) is 0 Å². The quantitative estimate of drug-likeness (QED) is 0.562. The van der Waals surface area contributed by atoms with Crippen molar-refractivity contribution >= 4 is 0 Å². The van der Waals surface area contributed by atoms with Crippen molar-refractivity contribution < 1.29 is 4.74 Å². The Hall–Kier alpha value is -0.300. The Morgan fingerprint density at radius 1 is 0.850 bits per heavy atom. The summed E-state index contributed by atoms with van der Waals surface area (Å²) in [5, 5.41) is 0. The molecule has 0 heterocycles. The van der Waals surface area contributed by atoms with Crippen LogP contribution >= 0.6 is 0 Å². The first kappa shape index (κ1) is 16.1. The highest BCUT2D eigenvalue weighted by molar-refractivity contribution is 4.92. The molecule has 0 aromatic rings. The highest BCUT2D eigenvalue weighted by Crippen LogP contribution is 2.40. The first-order valence-corrected chi connectivity index (χ1v) is 9.11. The van der Waals surface area contributed by atoms with Gasteiger partial charge in [-0.3, -0.25) is 0 Å². The minimum Gasteiger partial charge on any atom is -0.378 e. The normalized spacial score (nSPS) is 35.5. The topological polar surface area (TPSA) is 9.23 Å². The number of rotatable bonds is 6.